The fourth-order valence-electron chi connectivity index (χ4n) is 5.56. The molecular formula is C30H44N4O2. The lowest BCUT2D eigenvalue weighted by molar-refractivity contribution is -0.132. The highest BCUT2D eigenvalue weighted by Gasteiger charge is 2.25. The molecule has 0 radical (unpaired) electrons. The number of piperidine rings is 2. The molecule has 6 heteroatoms. The van der Waals surface area contributed by atoms with Gasteiger partial charge >= 0.3 is 0 Å². The second-order valence-electron chi connectivity index (χ2n) is 10.3. The maximum atomic E-state index is 12.9. The molecule has 2 aliphatic heterocycles. The van der Waals surface area contributed by atoms with E-state index >= 15 is 0 Å². The van der Waals surface area contributed by atoms with Crippen LogP contribution in [0.15, 0.2) is 42.5 Å². The topological polar surface area (TPSA) is 70.8 Å². The van der Waals surface area contributed by atoms with Gasteiger partial charge in [-0.05, 0) is 81.3 Å². The number of aryl methyl sites for hydroxylation is 1. The van der Waals surface area contributed by atoms with E-state index in [4.69, 9.17) is 10.5 Å². The Kier molecular flexibility index (Phi) is 9.51. The fraction of sp³-hybridized carbons (Fsp3) is 0.567. The number of anilines is 2. The normalized spacial score (nSPS) is 17.8. The lowest BCUT2D eigenvalue weighted by Crippen LogP contribution is -2.43. The predicted molar refractivity (Wildman–Crippen MR) is 149 cm³/mol. The average molecular weight is 493 g/mol. The summed E-state index contributed by atoms with van der Waals surface area (Å²) in [5.74, 6) is 1.68. The molecule has 1 amide bonds. The van der Waals surface area contributed by atoms with Crippen LogP contribution < -0.4 is 15.8 Å². The molecule has 36 heavy (non-hydrogen) atoms. The summed E-state index contributed by atoms with van der Waals surface area (Å²) in [6.45, 7) is 9.48. The number of likely N-dealkylation sites (tertiary alicyclic amines) is 2. The van der Waals surface area contributed by atoms with Crippen molar-refractivity contribution < 1.29 is 9.53 Å². The van der Waals surface area contributed by atoms with Crippen LogP contribution in [0.2, 0.25) is 0 Å². The summed E-state index contributed by atoms with van der Waals surface area (Å²) in [7, 11) is 0. The zero-order chi connectivity index (χ0) is 25.3. The third-order valence-electron chi connectivity index (χ3n) is 7.75. The smallest absolute Gasteiger partial charge is 0.223 e. The van der Waals surface area contributed by atoms with Crippen LogP contribution in [0.5, 0.6) is 5.75 Å². The molecule has 0 spiro atoms. The van der Waals surface area contributed by atoms with Gasteiger partial charge in [-0.1, -0.05) is 37.6 Å². The van der Waals surface area contributed by atoms with E-state index in [-0.39, 0.29) is 0 Å². The monoisotopic (exact) mass is 492 g/mol. The van der Waals surface area contributed by atoms with Crippen molar-refractivity contribution in [2.75, 3.05) is 50.4 Å². The zero-order valence-corrected chi connectivity index (χ0v) is 22.2. The number of hydrogen-bond donors (Lipinski definition) is 2. The molecule has 4 rings (SSSR count). The van der Waals surface area contributed by atoms with Gasteiger partial charge in [-0.25, -0.2) is 0 Å². The van der Waals surface area contributed by atoms with Gasteiger partial charge in [0.15, 0.2) is 0 Å². The van der Waals surface area contributed by atoms with E-state index in [0.29, 0.717) is 36.6 Å². The number of nitrogens with two attached hydrogens (primary N) is 1. The number of nitrogens with one attached hydrogen (secondary N) is 1. The van der Waals surface area contributed by atoms with Crippen LogP contribution in [0.4, 0.5) is 11.4 Å². The molecule has 3 N–H and O–H groups in total. The number of ether oxygens (including phenoxy) is 1. The van der Waals surface area contributed by atoms with E-state index in [1.54, 1.807) is 0 Å². The first-order valence-electron chi connectivity index (χ1n) is 13.9. The Morgan fingerprint density at radius 2 is 1.72 bits per heavy atom. The highest BCUT2D eigenvalue weighted by Crippen LogP contribution is 2.29. The molecule has 196 valence electrons. The summed E-state index contributed by atoms with van der Waals surface area (Å²) in [6.07, 6.45) is 7.29. The first-order valence-corrected chi connectivity index (χ1v) is 13.9. The van der Waals surface area contributed by atoms with E-state index in [1.165, 1.54) is 36.8 Å². The number of rotatable bonds is 10. The number of carbonyl (C=O) groups excluding carboxylic acids is 1. The van der Waals surface area contributed by atoms with Crippen LogP contribution in [-0.4, -0.2) is 61.1 Å². The Balaban J connectivity index is 1.15. The first kappa shape index (κ1) is 26.3. The van der Waals surface area contributed by atoms with Gasteiger partial charge in [0.05, 0.1) is 12.3 Å². The number of benzene rings is 2. The van der Waals surface area contributed by atoms with Gasteiger partial charge in [0, 0.05) is 43.9 Å². The number of hydrogen-bond acceptors (Lipinski definition) is 5. The van der Waals surface area contributed by atoms with E-state index in [9.17, 15) is 4.79 Å². The minimum atomic E-state index is 0.299. The zero-order valence-electron chi connectivity index (χ0n) is 22.2. The molecule has 0 aromatic heterocycles. The molecule has 2 fully saturated rings. The Hall–Kier alpha value is -2.73. The second-order valence-corrected chi connectivity index (χ2v) is 10.3. The molecule has 2 aliphatic rings. The van der Waals surface area contributed by atoms with Crippen molar-refractivity contribution in [3.05, 3.63) is 53.6 Å². The third-order valence-corrected chi connectivity index (χ3v) is 7.75. The average Bonchev–Trinajstić information content (AvgIpc) is 2.91. The van der Waals surface area contributed by atoms with Gasteiger partial charge in [0.1, 0.15) is 5.75 Å². The number of amides is 1. The molecule has 0 atom stereocenters. The second kappa shape index (κ2) is 13.0. The van der Waals surface area contributed by atoms with Crippen LogP contribution in [0.25, 0.3) is 0 Å². The molecular weight excluding hydrogens is 448 g/mol. The summed E-state index contributed by atoms with van der Waals surface area (Å²) in [5, 5.41) is 3.60. The standard InChI is InChI=1S/C30H44N4O2/c1-3-5-23-6-8-24(9-7-23)25-12-17-33(18-13-25)19-16-30(35)34-20-14-26(15-21-34)32-27-10-11-28(31)29(22-27)36-4-2/h6-11,22,25-26,32H,3-5,12-21,31H2,1-2H3. The first-order chi connectivity index (χ1) is 17.6. The van der Waals surface area contributed by atoms with Gasteiger partial charge in [0.25, 0.3) is 0 Å². The molecule has 0 bridgehead atoms. The molecule has 0 aliphatic carbocycles. The van der Waals surface area contributed by atoms with E-state index in [1.807, 2.05) is 25.1 Å². The molecule has 2 aromatic rings. The van der Waals surface area contributed by atoms with Crippen molar-refractivity contribution in [1.82, 2.24) is 9.80 Å². The molecule has 2 heterocycles. The fourth-order valence-corrected chi connectivity index (χ4v) is 5.56. The quantitative estimate of drug-likeness (QED) is 0.441. The van der Waals surface area contributed by atoms with E-state index in [0.717, 1.165) is 57.0 Å². The summed E-state index contributed by atoms with van der Waals surface area (Å²) >= 11 is 0. The maximum absolute atomic E-state index is 12.9. The third kappa shape index (κ3) is 7.16. The number of nitrogens with zero attached hydrogens (tertiary/aromatic N) is 2. The largest absolute Gasteiger partial charge is 0.492 e. The van der Waals surface area contributed by atoms with Crippen molar-refractivity contribution in [2.45, 2.75) is 70.8 Å². The van der Waals surface area contributed by atoms with Crippen molar-refractivity contribution in [1.29, 1.82) is 0 Å². The van der Waals surface area contributed by atoms with Crippen LogP contribution in [0, 0.1) is 0 Å². The minimum absolute atomic E-state index is 0.299. The summed E-state index contributed by atoms with van der Waals surface area (Å²) in [6, 6.07) is 15.5. The number of carbonyl (C=O) groups is 1. The van der Waals surface area contributed by atoms with Crippen molar-refractivity contribution in [3.8, 4) is 5.75 Å². The summed E-state index contributed by atoms with van der Waals surface area (Å²) in [5.41, 5.74) is 10.6. The molecule has 6 nitrogen and oxygen atoms in total. The van der Waals surface area contributed by atoms with Gasteiger partial charge in [-0.15, -0.1) is 0 Å². The Bertz CT molecular complexity index is 961. The van der Waals surface area contributed by atoms with E-state index < -0.39 is 0 Å². The predicted octanol–water partition coefficient (Wildman–Crippen LogP) is 5.29. The van der Waals surface area contributed by atoms with Crippen LogP contribution in [0.1, 0.15) is 69.4 Å². The molecule has 2 aromatic carbocycles. The maximum Gasteiger partial charge on any atom is 0.223 e. The van der Waals surface area contributed by atoms with Gasteiger partial charge in [0.2, 0.25) is 5.91 Å². The summed E-state index contributed by atoms with van der Waals surface area (Å²) < 4.78 is 5.61. The van der Waals surface area contributed by atoms with Gasteiger partial charge in [-0.2, -0.15) is 0 Å². The minimum Gasteiger partial charge on any atom is -0.492 e. The van der Waals surface area contributed by atoms with Crippen LogP contribution in [0.3, 0.4) is 0 Å². The van der Waals surface area contributed by atoms with Crippen molar-refractivity contribution in [3.63, 3.8) is 0 Å². The van der Waals surface area contributed by atoms with Gasteiger partial charge in [-0.3, -0.25) is 4.79 Å². The Labute approximate surface area is 217 Å². The molecule has 0 saturated carbocycles. The lowest BCUT2D eigenvalue weighted by atomic mass is 9.88. The molecule has 2 saturated heterocycles. The van der Waals surface area contributed by atoms with Crippen LogP contribution >= 0.6 is 0 Å². The van der Waals surface area contributed by atoms with Crippen LogP contribution in [-0.2, 0) is 11.2 Å². The van der Waals surface area contributed by atoms with E-state index in [2.05, 4.69) is 46.3 Å². The molecule has 0 unspecified atom stereocenters. The van der Waals surface area contributed by atoms with Crippen molar-refractivity contribution in [2.24, 2.45) is 0 Å². The SMILES string of the molecule is CCCc1ccc(C2CCN(CCC(=O)N3CCC(Nc4ccc(N)c(OCC)c4)CC3)CC2)cc1. The Morgan fingerprint density at radius 1 is 1.00 bits per heavy atom. The summed E-state index contributed by atoms with van der Waals surface area (Å²) in [4.78, 5) is 17.4. The lowest BCUT2D eigenvalue weighted by Gasteiger charge is -2.35. The Morgan fingerprint density at radius 3 is 2.39 bits per heavy atom. The van der Waals surface area contributed by atoms with Gasteiger partial charge < -0.3 is 25.6 Å². The highest BCUT2D eigenvalue weighted by molar-refractivity contribution is 5.76. The highest BCUT2D eigenvalue weighted by atomic mass is 16.5. The number of nitrogen functional groups attached to an aromatic ring is 1. The van der Waals surface area contributed by atoms with Crippen molar-refractivity contribution >= 4 is 17.3 Å².